The zero-order chi connectivity index (χ0) is 26.2. The number of rotatable bonds is 17. The van der Waals surface area contributed by atoms with Gasteiger partial charge in [0, 0.05) is 34.9 Å². The van der Waals surface area contributed by atoms with Gasteiger partial charge in [-0.15, -0.1) is 0 Å². The minimum atomic E-state index is -1.06. The maximum absolute atomic E-state index is 12.0. The molecule has 196 valence electrons. The summed E-state index contributed by atoms with van der Waals surface area (Å²) in [5.41, 5.74) is 2.03. The third-order valence-electron chi connectivity index (χ3n) is 5.94. The van der Waals surface area contributed by atoms with Gasteiger partial charge in [0.1, 0.15) is 6.04 Å². The van der Waals surface area contributed by atoms with Gasteiger partial charge >= 0.3 is 5.97 Å². The molecule has 0 saturated carbocycles. The van der Waals surface area contributed by atoms with Crippen molar-refractivity contribution >= 4 is 35.1 Å². The van der Waals surface area contributed by atoms with Crippen LogP contribution in [0.5, 0.6) is 0 Å². The van der Waals surface area contributed by atoms with Crippen molar-refractivity contribution in [1.29, 1.82) is 0 Å². The molecule has 0 spiro atoms. The Balaban J connectivity index is 1.41. The minimum Gasteiger partial charge on any atom is -0.480 e. The Morgan fingerprint density at radius 1 is 0.722 bits per heavy atom. The van der Waals surface area contributed by atoms with Gasteiger partial charge in [0.2, 0.25) is 0 Å². The van der Waals surface area contributed by atoms with Crippen molar-refractivity contribution < 1.29 is 19.5 Å². The number of amides is 2. The summed E-state index contributed by atoms with van der Waals surface area (Å²) in [5.74, 6) is -1.50. The van der Waals surface area contributed by atoms with E-state index in [1.165, 1.54) is 45.4 Å². The van der Waals surface area contributed by atoms with E-state index in [0.29, 0.717) is 22.7 Å². The Kier molecular flexibility index (Phi) is 13.4. The quantitative estimate of drug-likeness (QED) is 0.196. The molecule has 36 heavy (non-hydrogen) atoms. The van der Waals surface area contributed by atoms with Crippen LogP contribution < -0.4 is 16.0 Å². The SMILES string of the molecule is C[C@H](NC(=O)c1ccc(NCCCCCCCCCCCNC(=O)c2ccc(Cl)cc2)cc1)C(=O)O. The summed E-state index contributed by atoms with van der Waals surface area (Å²) in [6.45, 7) is 3.02. The summed E-state index contributed by atoms with van der Waals surface area (Å²) in [6.07, 6.45) is 10.5. The smallest absolute Gasteiger partial charge is 0.325 e. The molecule has 0 bridgehead atoms. The van der Waals surface area contributed by atoms with E-state index in [1.54, 1.807) is 36.4 Å². The van der Waals surface area contributed by atoms with Crippen molar-refractivity contribution in [2.24, 2.45) is 0 Å². The summed E-state index contributed by atoms with van der Waals surface area (Å²) >= 11 is 5.84. The van der Waals surface area contributed by atoms with E-state index in [2.05, 4.69) is 16.0 Å². The number of halogens is 1. The van der Waals surface area contributed by atoms with Crippen LogP contribution in [0.4, 0.5) is 5.69 Å². The minimum absolute atomic E-state index is 0.0479. The first-order chi connectivity index (χ1) is 17.4. The third kappa shape index (κ3) is 11.6. The first kappa shape index (κ1) is 29.2. The first-order valence-corrected chi connectivity index (χ1v) is 13.2. The van der Waals surface area contributed by atoms with E-state index in [9.17, 15) is 14.4 Å². The van der Waals surface area contributed by atoms with Crippen LogP contribution in [-0.2, 0) is 4.79 Å². The van der Waals surface area contributed by atoms with Gasteiger partial charge in [-0.25, -0.2) is 0 Å². The molecule has 8 heteroatoms. The normalized spacial score (nSPS) is 11.5. The second kappa shape index (κ2) is 16.6. The van der Waals surface area contributed by atoms with E-state index < -0.39 is 17.9 Å². The number of unbranched alkanes of at least 4 members (excludes halogenated alkanes) is 8. The van der Waals surface area contributed by atoms with Crippen molar-refractivity contribution in [3.8, 4) is 0 Å². The van der Waals surface area contributed by atoms with Crippen LogP contribution in [0, 0.1) is 0 Å². The van der Waals surface area contributed by atoms with Crippen molar-refractivity contribution in [2.75, 3.05) is 18.4 Å². The Bertz CT molecular complexity index is 948. The number of nitrogens with one attached hydrogen (secondary N) is 3. The highest BCUT2D eigenvalue weighted by molar-refractivity contribution is 6.30. The highest BCUT2D eigenvalue weighted by atomic mass is 35.5. The van der Waals surface area contributed by atoms with Crippen LogP contribution in [-0.4, -0.2) is 42.0 Å². The molecule has 0 aliphatic rings. The molecule has 0 heterocycles. The Morgan fingerprint density at radius 2 is 1.19 bits per heavy atom. The van der Waals surface area contributed by atoms with Gasteiger partial charge in [-0.3, -0.25) is 14.4 Å². The standard InChI is InChI=1S/C28H38ClN3O4/c1-21(28(35)36)32-27(34)23-13-17-25(18-14-23)30-19-9-7-5-3-2-4-6-8-10-20-31-26(33)22-11-15-24(29)16-12-22/h11-18,21,30H,2-10,19-20H2,1H3,(H,31,33)(H,32,34)(H,35,36)/t21-/m0/s1. The van der Waals surface area contributed by atoms with E-state index in [-0.39, 0.29) is 5.91 Å². The molecular weight excluding hydrogens is 478 g/mol. The second-order valence-electron chi connectivity index (χ2n) is 8.98. The molecule has 1 atom stereocenters. The maximum atomic E-state index is 12.0. The summed E-state index contributed by atoms with van der Waals surface area (Å²) in [4.78, 5) is 34.9. The van der Waals surface area contributed by atoms with Crippen molar-refractivity contribution in [2.45, 2.75) is 70.8 Å². The van der Waals surface area contributed by atoms with Crippen LogP contribution in [0.25, 0.3) is 0 Å². The molecule has 0 saturated heterocycles. The van der Waals surface area contributed by atoms with E-state index in [0.717, 1.165) is 31.5 Å². The molecule has 2 aromatic rings. The van der Waals surface area contributed by atoms with Crippen LogP contribution in [0.3, 0.4) is 0 Å². The topological polar surface area (TPSA) is 108 Å². The summed E-state index contributed by atoms with van der Waals surface area (Å²) < 4.78 is 0. The Labute approximate surface area is 219 Å². The predicted molar refractivity (Wildman–Crippen MR) is 145 cm³/mol. The zero-order valence-corrected chi connectivity index (χ0v) is 21.8. The number of hydrogen-bond acceptors (Lipinski definition) is 4. The Hall–Kier alpha value is -3.06. The highest BCUT2D eigenvalue weighted by Gasteiger charge is 2.15. The van der Waals surface area contributed by atoms with E-state index in [1.807, 2.05) is 12.1 Å². The van der Waals surface area contributed by atoms with Gasteiger partial charge in [0.25, 0.3) is 11.8 Å². The lowest BCUT2D eigenvalue weighted by Gasteiger charge is -2.10. The lowest BCUT2D eigenvalue weighted by Crippen LogP contribution is -2.38. The van der Waals surface area contributed by atoms with Gasteiger partial charge < -0.3 is 21.1 Å². The molecule has 0 fully saturated rings. The number of hydrogen-bond donors (Lipinski definition) is 4. The molecule has 0 aromatic heterocycles. The molecule has 0 aliphatic carbocycles. The molecular formula is C28H38ClN3O4. The lowest BCUT2D eigenvalue weighted by atomic mass is 10.1. The van der Waals surface area contributed by atoms with E-state index in [4.69, 9.17) is 16.7 Å². The second-order valence-corrected chi connectivity index (χ2v) is 9.42. The molecule has 7 nitrogen and oxygen atoms in total. The molecule has 4 N–H and O–H groups in total. The number of anilines is 1. The van der Waals surface area contributed by atoms with Gasteiger partial charge in [0.05, 0.1) is 0 Å². The number of carboxylic acid groups (broad SMARTS) is 1. The van der Waals surface area contributed by atoms with Crippen LogP contribution >= 0.6 is 11.6 Å². The van der Waals surface area contributed by atoms with Crippen molar-refractivity contribution in [1.82, 2.24) is 10.6 Å². The number of carbonyl (C=O) groups excluding carboxylic acids is 2. The summed E-state index contributed by atoms with van der Waals surface area (Å²) in [5, 5.41) is 18.3. The van der Waals surface area contributed by atoms with Gasteiger partial charge in [-0.1, -0.05) is 56.5 Å². The molecule has 0 unspecified atom stereocenters. The van der Waals surface area contributed by atoms with Gasteiger partial charge in [0.15, 0.2) is 0 Å². The number of carbonyl (C=O) groups is 3. The lowest BCUT2D eigenvalue weighted by molar-refractivity contribution is -0.138. The predicted octanol–water partition coefficient (Wildman–Crippen LogP) is 5.90. The fourth-order valence-electron chi connectivity index (χ4n) is 3.71. The van der Waals surface area contributed by atoms with Crippen molar-refractivity contribution in [3.05, 3.63) is 64.7 Å². The van der Waals surface area contributed by atoms with Crippen molar-refractivity contribution in [3.63, 3.8) is 0 Å². The van der Waals surface area contributed by atoms with Crippen LogP contribution in [0.15, 0.2) is 48.5 Å². The van der Waals surface area contributed by atoms with Crippen LogP contribution in [0.2, 0.25) is 5.02 Å². The number of carboxylic acids is 1. The van der Waals surface area contributed by atoms with E-state index >= 15 is 0 Å². The highest BCUT2D eigenvalue weighted by Crippen LogP contribution is 2.13. The average Bonchev–Trinajstić information content (AvgIpc) is 2.87. The monoisotopic (exact) mass is 515 g/mol. The van der Waals surface area contributed by atoms with Gasteiger partial charge in [-0.05, 0) is 68.3 Å². The molecule has 2 rings (SSSR count). The zero-order valence-electron chi connectivity index (χ0n) is 21.0. The number of benzene rings is 2. The largest absolute Gasteiger partial charge is 0.480 e. The maximum Gasteiger partial charge on any atom is 0.325 e. The Morgan fingerprint density at radius 3 is 1.75 bits per heavy atom. The fourth-order valence-corrected chi connectivity index (χ4v) is 3.83. The third-order valence-corrected chi connectivity index (χ3v) is 6.19. The number of aliphatic carboxylic acids is 1. The summed E-state index contributed by atoms with van der Waals surface area (Å²) in [7, 11) is 0. The van der Waals surface area contributed by atoms with Crippen LogP contribution in [0.1, 0.15) is 85.4 Å². The first-order valence-electron chi connectivity index (χ1n) is 12.8. The molecule has 2 amide bonds. The molecule has 0 aliphatic heterocycles. The average molecular weight is 516 g/mol. The fraction of sp³-hybridized carbons (Fsp3) is 0.464. The molecule has 0 radical (unpaired) electrons. The molecule has 2 aromatic carbocycles. The van der Waals surface area contributed by atoms with Gasteiger partial charge in [-0.2, -0.15) is 0 Å². The summed E-state index contributed by atoms with van der Waals surface area (Å²) in [6, 6.07) is 13.1.